The van der Waals surface area contributed by atoms with Crippen LogP contribution in [-0.4, -0.2) is 86.6 Å². The van der Waals surface area contributed by atoms with E-state index in [9.17, 15) is 24.8 Å². The Bertz CT molecular complexity index is 3180. The number of carbonyl (C=O) groups is 2. The molecule has 0 atom stereocenters. The van der Waals surface area contributed by atoms with Crippen molar-refractivity contribution in [1.82, 2.24) is 43.4 Å². The fourth-order valence-corrected chi connectivity index (χ4v) is 10.4. The van der Waals surface area contributed by atoms with Crippen LogP contribution in [0, 0.1) is 29.5 Å². The SMILES string of the molecule is Cc1nc(-c2cccc(C3(C(=O)O)CCC3)c2)nc2c1n(-c1ccc(C(=O)N3CCc4c(n(Cc5ccc(C#N)cc5F)c5ncccc45)C3)nc1)c(=O)n2C1CCN(CC(C)(C)C)CC1. The Morgan fingerprint density at radius 3 is 2.45 bits per heavy atom. The van der Waals surface area contributed by atoms with E-state index in [1.807, 2.05) is 54.0 Å². The zero-order valence-electron chi connectivity index (χ0n) is 37.6. The summed E-state index contributed by atoms with van der Waals surface area (Å²) in [7, 11) is 0. The summed E-state index contributed by atoms with van der Waals surface area (Å²) >= 11 is 0. The fraction of sp³-hybridized carbons (Fsp3) is 0.373. The smallest absolute Gasteiger partial charge is 0.335 e. The van der Waals surface area contributed by atoms with Crippen LogP contribution >= 0.6 is 0 Å². The molecule has 0 radical (unpaired) electrons. The van der Waals surface area contributed by atoms with E-state index < -0.39 is 17.2 Å². The van der Waals surface area contributed by atoms with Gasteiger partial charge in [-0.05, 0) is 98.0 Å². The number of benzene rings is 2. The summed E-state index contributed by atoms with van der Waals surface area (Å²) in [6, 6.07) is 21.0. The van der Waals surface area contributed by atoms with E-state index in [-0.39, 0.29) is 47.4 Å². The molecule has 7 heterocycles. The summed E-state index contributed by atoms with van der Waals surface area (Å²) in [4.78, 5) is 65.2. The number of aryl methyl sites for hydroxylation is 1. The van der Waals surface area contributed by atoms with Gasteiger partial charge in [-0.25, -0.2) is 29.1 Å². The molecule has 0 spiro atoms. The third-order valence-electron chi connectivity index (χ3n) is 13.8. The molecular formula is C51H51FN10O4. The summed E-state index contributed by atoms with van der Waals surface area (Å²) in [6.45, 7) is 12.0. The van der Waals surface area contributed by atoms with E-state index in [0.717, 1.165) is 61.1 Å². The number of hydrogen-bond donors (Lipinski definition) is 1. The Morgan fingerprint density at radius 1 is 0.970 bits per heavy atom. The number of fused-ring (bicyclic) bond motifs is 4. The Hall–Kier alpha value is -7.05. The molecule has 7 aromatic rings. The number of amides is 1. The number of piperidine rings is 1. The van der Waals surface area contributed by atoms with Crippen molar-refractivity contribution in [2.75, 3.05) is 26.2 Å². The van der Waals surface area contributed by atoms with Gasteiger partial charge >= 0.3 is 11.7 Å². The first-order valence-electron chi connectivity index (χ1n) is 22.7. The second-order valence-corrected chi connectivity index (χ2v) is 19.4. The predicted octanol–water partition coefficient (Wildman–Crippen LogP) is 7.75. The van der Waals surface area contributed by atoms with E-state index in [4.69, 9.17) is 9.97 Å². The molecule has 66 heavy (non-hydrogen) atoms. The molecule has 1 N–H and O–H groups in total. The van der Waals surface area contributed by atoms with Crippen molar-refractivity contribution in [2.24, 2.45) is 5.41 Å². The molecule has 1 amide bonds. The Kier molecular flexibility index (Phi) is 10.7. The highest BCUT2D eigenvalue weighted by Crippen LogP contribution is 2.45. The number of nitrogens with zero attached hydrogens (tertiary/aromatic N) is 10. The van der Waals surface area contributed by atoms with Crippen molar-refractivity contribution in [1.29, 1.82) is 5.26 Å². The number of nitriles is 1. The van der Waals surface area contributed by atoms with Gasteiger partial charge in [0.25, 0.3) is 5.91 Å². The average Bonchev–Trinajstić information content (AvgIpc) is 3.76. The number of carboxylic acids is 1. The van der Waals surface area contributed by atoms with E-state index >= 15 is 4.39 Å². The minimum atomic E-state index is -0.926. The Labute approximate surface area is 381 Å². The Balaban J connectivity index is 0.987. The number of rotatable bonds is 9. The molecule has 2 fully saturated rings. The van der Waals surface area contributed by atoms with Crippen LogP contribution in [0.4, 0.5) is 4.39 Å². The lowest BCUT2D eigenvalue weighted by atomic mass is 9.64. The lowest BCUT2D eigenvalue weighted by Crippen LogP contribution is -2.42. The molecule has 2 aliphatic heterocycles. The first-order valence-corrected chi connectivity index (χ1v) is 22.7. The molecular weight excluding hydrogens is 836 g/mol. The number of pyridine rings is 2. The van der Waals surface area contributed by atoms with Gasteiger partial charge in [0.2, 0.25) is 0 Å². The molecule has 0 unspecified atom stereocenters. The molecule has 14 nitrogen and oxygen atoms in total. The number of hydrogen-bond acceptors (Lipinski definition) is 9. The molecule has 3 aliphatic rings. The van der Waals surface area contributed by atoms with Crippen molar-refractivity contribution >= 4 is 34.1 Å². The minimum absolute atomic E-state index is 0.131. The topological polar surface area (TPSA) is 168 Å². The highest BCUT2D eigenvalue weighted by atomic mass is 19.1. The van der Waals surface area contributed by atoms with Crippen molar-refractivity contribution in [2.45, 2.75) is 90.8 Å². The van der Waals surface area contributed by atoms with E-state index in [1.54, 1.807) is 50.7 Å². The number of aromatic nitrogens is 7. The molecule has 1 saturated heterocycles. The van der Waals surface area contributed by atoms with E-state index in [1.165, 1.54) is 6.07 Å². The van der Waals surface area contributed by atoms with Gasteiger partial charge in [0.15, 0.2) is 11.5 Å². The Morgan fingerprint density at radius 2 is 1.77 bits per heavy atom. The van der Waals surface area contributed by atoms with Crippen LogP contribution in [-0.2, 0) is 29.7 Å². The van der Waals surface area contributed by atoms with Gasteiger partial charge in [-0.1, -0.05) is 51.5 Å². The largest absolute Gasteiger partial charge is 0.481 e. The van der Waals surface area contributed by atoms with Crippen molar-refractivity contribution in [3.63, 3.8) is 0 Å². The number of imidazole rings is 1. The number of carbonyl (C=O) groups excluding carboxylic acids is 1. The normalized spacial score (nSPS) is 16.6. The van der Waals surface area contributed by atoms with Crippen LogP contribution in [0.5, 0.6) is 0 Å². The molecule has 15 heteroatoms. The van der Waals surface area contributed by atoms with Crippen molar-refractivity contribution in [3.05, 3.63) is 135 Å². The van der Waals surface area contributed by atoms with E-state index in [0.29, 0.717) is 71.0 Å². The molecule has 336 valence electrons. The van der Waals surface area contributed by atoms with Gasteiger partial charge < -0.3 is 19.5 Å². The van der Waals surface area contributed by atoms with Gasteiger partial charge in [-0.15, -0.1) is 0 Å². The third-order valence-corrected chi connectivity index (χ3v) is 13.8. The van der Waals surface area contributed by atoms with Crippen LogP contribution in [0.15, 0.2) is 83.9 Å². The second-order valence-electron chi connectivity index (χ2n) is 19.4. The average molecular weight is 887 g/mol. The summed E-state index contributed by atoms with van der Waals surface area (Å²) in [5.41, 5.74) is 5.91. The maximum absolute atomic E-state index is 15.2. The highest BCUT2D eigenvalue weighted by molar-refractivity contribution is 5.93. The quantitative estimate of drug-likeness (QED) is 0.151. The first kappa shape index (κ1) is 42.9. The van der Waals surface area contributed by atoms with E-state index in [2.05, 4.69) is 35.6 Å². The van der Waals surface area contributed by atoms with Crippen LogP contribution in [0.2, 0.25) is 0 Å². The zero-order valence-corrected chi connectivity index (χ0v) is 37.6. The third kappa shape index (κ3) is 7.43. The molecule has 2 aromatic carbocycles. The lowest BCUT2D eigenvalue weighted by molar-refractivity contribution is -0.147. The summed E-state index contributed by atoms with van der Waals surface area (Å²) in [6.07, 6.45) is 7.33. The molecule has 1 saturated carbocycles. The monoisotopic (exact) mass is 886 g/mol. The van der Waals surface area contributed by atoms with Gasteiger partial charge in [0, 0.05) is 60.6 Å². The lowest BCUT2D eigenvalue weighted by Gasteiger charge is -2.38. The highest BCUT2D eigenvalue weighted by Gasteiger charge is 2.46. The molecule has 1 aliphatic carbocycles. The maximum Gasteiger partial charge on any atom is 0.335 e. The minimum Gasteiger partial charge on any atom is -0.481 e. The number of likely N-dealkylation sites (tertiary alicyclic amines) is 1. The molecule has 5 aromatic heterocycles. The van der Waals surface area contributed by atoms with Crippen LogP contribution < -0.4 is 5.69 Å². The van der Waals surface area contributed by atoms with Crippen molar-refractivity contribution < 1.29 is 19.1 Å². The summed E-state index contributed by atoms with van der Waals surface area (Å²) < 4.78 is 20.6. The zero-order chi connectivity index (χ0) is 46.1. The fourth-order valence-electron chi connectivity index (χ4n) is 10.4. The van der Waals surface area contributed by atoms with Crippen LogP contribution in [0.3, 0.4) is 0 Å². The van der Waals surface area contributed by atoms with Gasteiger partial charge in [-0.2, -0.15) is 5.26 Å². The number of halogens is 1. The van der Waals surface area contributed by atoms with Crippen LogP contribution in [0.1, 0.15) is 103 Å². The van der Waals surface area contributed by atoms with Crippen LogP contribution in [0.25, 0.3) is 39.3 Å². The number of aliphatic carboxylic acids is 1. The molecule has 10 rings (SSSR count). The standard InChI is InChI=1S/C51H51FN10O4/c1-31-43-46(57-44(56-31)33-8-5-9-35(25-33)51(48(64)65)18-7-19-51)62(36-15-21-58(22-16-36)30-50(2,3)4)49(66)61(43)37-13-14-41(55-27-37)47(63)59-23-17-38-39-10-6-20-54-45(39)60(42(38)29-59)28-34-12-11-32(26-53)24-40(34)52/h5-6,8-14,20,24-25,27,36H,7,15-19,21-23,28-30H2,1-4H3,(H,64,65). The number of carboxylic acid groups (broad SMARTS) is 1. The summed E-state index contributed by atoms with van der Waals surface area (Å²) in [5.74, 6) is -1.18. The molecule has 0 bridgehead atoms. The first-order chi connectivity index (χ1) is 31.7. The second kappa shape index (κ2) is 16.4. The van der Waals surface area contributed by atoms with Gasteiger partial charge in [0.1, 0.15) is 22.7 Å². The summed E-state index contributed by atoms with van der Waals surface area (Å²) in [5, 5.41) is 20.5. The van der Waals surface area contributed by atoms with Gasteiger partial charge in [0.05, 0.1) is 47.7 Å². The van der Waals surface area contributed by atoms with Crippen molar-refractivity contribution in [3.8, 4) is 23.1 Å². The van der Waals surface area contributed by atoms with Gasteiger partial charge in [-0.3, -0.25) is 18.7 Å². The predicted molar refractivity (Wildman–Crippen MR) is 247 cm³/mol. The maximum atomic E-state index is 15.2.